The highest BCUT2D eigenvalue weighted by Gasteiger charge is 2.43. The van der Waals surface area contributed by atoms with Gasteiger partial charge in [-0.15, -0.1) is 0 Å². The van der Waals surface area contributed by atoms with E-state index in [0.29, 0.717) is 27.8 Å². The SMILES string of the molecule is CSc1nccc(C2=NC(C3OCC(C)(C(=O)O)CO3)N=C2c2ccc(F)cc2)n1. The van der Waals surface area contributed by atoms with Crippen LogP contribution in [0.25, 0.3) is 0 Å². The Bertz CT molecular complexity index is 1020. The van der Waals surface area contributed by atoms with Crippen LogP contribution in [0.15, 0.2) is 51.7 Å². The van der Waals surface area contributed by atoms with Gasteiger partial charge < -0.3 is 14.6 Å². The molecule has 0 spiro atoms. The fraction of sp³-hybridized carbons (Fsp3) is 0.350. The fourth-order valence-corrected chi connectivity index (χ4v) is 3.39. The van der Waals surface area contributed by atoms with Crippen LogP contribution in [0.4, 0.5) is 4.39 Å². The molecular weight excluding hydrogens is 411 g/mol. The molecule has 0 radical (unpaired) electrons. The molecule has 4 rings (SSSR count). The molecule has 1 unspecified atom stereocenters. The lowest BCUT2D eigenvalue weighted by Crippen LogP contribution is -2.47. The summed E-state index contributed by atoms with van der Waals surface area (Å²) in [6, 6.07) is 7.66. The Labute approximate surface area is 176 Å². The van der Waals surface area contributed by atoms with E-state index < -0.39 is 23.8 Å². The third kappa shape index (κ3) is 3.98. The van der Waals surface area contributed by atoms with Gasteiger partial charge in [0.1, 0.15) is 16.9 Å². The van der Waals surface area contributed by atoms with Crippen molar-refractivity contribution >= 4 is 29.2 Å². The van der Waals surface area contributed by atoms with E-state index in [-0.39, 0.29) is 19.0 Å². The summed E-state index contributed by atoms with van der Waals surface area (Å²) in [4.78, 5) is 29.4. The van der Waals surface area contributed by atoms with E-state index in [4.69, 9.17) is 9.47 Å². The number of benzene rings is 1. The molecule has 2 aromatic rings. The molecule has 1 atom stereocenters. The quantitative estimate of drug-likeness (QED) is 0.573. The average molecular weight is 430 g/mol. The van der Waals surface area contributed by atoms with Crippen molar-refractivity contribution < 1.29 is 23.8 Å². The molecule has 0 amide bonds. The second kappa shape index (κ2) is 8.21. The fourth-order valence-electron chi connectivity index (χ4n) is 3.03. The predicted octanol–water partition coefficient (Wildman–Crippen LogP) is 2.42. The van der Waals surface area contributed by atoms with Crippen molar-refractivity contribution in [2.24, 2.45) is 15.4 Å². The molecule has 2 aliphatic heterocycles. The minimum absolute atomic E-state index is 0.0140. The largest absolute Gasteiger partial charge is 0.481 e. The topological polar surface area (TPSA) is 106 Å². The van der Waals surface area contributed by atoms with Crippen molar-refractivity contribution in [3.63, 3.8) is 0 Å². The number of rotatable bonds is 5. The summed E-state index contributed by atoms with van der Waals surface area (Å²) >= 11 is 1.40. The highest BCUT2D eigenvalue weighted by atomic mass is 32.2. The van der Waals surface area contributed by atoms with E-state index in [1.807, 2.05) is 6.26 Å². The van der Waals surface area contributed by atoms with Crippen LogP contribution >= 0.6 is 11.8 Å². The van der Waals surface area contributed by atoms with E-state index in [1.54, 1.807) is 31.3 Å². The Kier molecular flexibility index (Phi) is 5.63. The maximum Gasteiger partial charge on any atom is 0.314 e. The third-order valence-electron chi connectivity index (χ3n) is 4.82. The zero-order valence-corrected chi connectivity index (χ0v) is 17.1. The van der Waals surface area contributed by atoms with Crippen LogP contribution in [0.2, 0.25) is 0 Å². The number of halogens is 1. The Morgan fingerprint density at radius 3 is 2.47 bits per heavy atom. The molecule has 1 fully saturated rings. The molecule has 30 heavy (non-hydrogen) atoms. The standard InChI is InChI=1S/C20H19FN4O4S/c1-20(18(26)27)9-28-17(29-10-20)16-24-14(11-3-5-12(21)6-4-11)15(25-16)13-7-8-22-19(23-13)30-2/h3-8,16-17H,9-10H2,1-2H3,(H,26,27). The minimum Gasteiger partial charge on any atom is -0.481 e. The Hall–Kier alpha value is -2.69. The monoisotopic (exact) mass is 430 g/mol. The summed E-state index contributed by atoms with van der Waals surface area (Å²) in [6.45, 7) is 1.53. The first kappa shape index (κ1) is 20.6. The number of hydrogen-bond acceptors (Lipinski definition) is 8. The minimum atomic E-state index is -1.12. The normalized spacial score (nSPS) is 26.2. The van der Waals surface area contributed by atoms with E-state index in [9.17, 15) is 14.3 Å². The molecule has 0 bridgehead atoms. The molecule has 10 heteroatoms. The van der Waals surface area contributed by atoms with Gasteiger partial charge in [0, 0.05) is 11.8 Å². The molecule has 0 saturated carbocycles. The van der Waals surface area contributed by atoms with Crippen molar-refractivity contribution in [2.45, 2.75) is 24.5 Å². The zero-order valence-electron chi connectivity index (χ0n) is 16.3. The number of aliphatic imine (C=N–C) groups is 2. The van der Waals surface area contributed by atoms with Crippen LogP contribution in [-0.4, -0.2) is 64.4 Å². The Balaban J connectivity index is 1.67. The molecule has 3 heterocycles. The van der Waals surface area contributed by atoms with Crippen LogP contribution in [0, 0.1) is 11.2 Å². The molecular formula is C20H19FN4O4S. The third-order valence-corrected chi connectivity index (χ3v) is 5.38. The first-order valence-corrected chi connectivity index (χ1v) is 10.4. The van der Waals surface area contributed by atoms with E-state index in [2.05, 4.69) is 20.0 Å². The summed E-state index contributed by atoms with van der Waals surface area (Å²) < 4.78 is 24.7. The first-order valence-electron chi connectivity index (χ1n) is 9.15. The average Bonchev–Trinajstić information content (AvgIpc) is 3.20. The summed E-state index contributed by atoms with van der Waals surface area (Å²) in [5.74, 6) is -1.34. The van der Waals surface area contributed by atoms with E-state index in [1.165, 1.54) is 23.9 Å². The maximum atomic E-state index is 13.4. The van der Waals surface area contributed by atoms with Crippen LogP contribution < -0.4 is 0 Å². The van der Waals surface area contributed by atoms with Gasteiger partial charge in [-0.25, -0.2) is 19.4 Å². The predicted molar refractivity (Wildman–Crippen MR) is 109 cm³/mol. The number of nitrogens with zero attached hydrogens (tertiary/aromatic N) is 4. The van der Waals surface area contributed by atoms with Gasteiger partial charge in [0.2, 0.25) is 0 Å². The first-order chi connectivity index (χ1) is 14.4. The van der Waals surface area contributed by atoms with Crippen molar-refractivity contribution in [3.8, 4) is 0 Å². The Morgan fingerprint density at radius 2 is 1.83 bits per heavy atom. The molecule has 1 saturated heterocycles. The second-order valence-electron chi connectivity index (χ2n) is 7.16. The zero-order chi connectivity index (χ0) is 21.3. The lowest BCUT2D eigenvalue weighted by atomic mass is 9.92. The number of aliphatic carboxylic acids is 1. The number of hydrogen-bond donors (Lipinski definition) is 1. The molecule has 0 aliphatic carbocycles. The van der Waals surface area contributed by atoms with Crippen molar-refractivity contribution in [1.82, 2.24) is 9.97 Å². The second-order valence-corrected chi connectivity index (χ2v) is 7.93. The van der Waals surface area contributed by atoms with Gasteiger partial charge >= 0.3 is 5.97 Å². The lowest BCUT2D eigenvalue weighted by Gasteiger charge is -2.34. The van der Waals surface area contributed by atoms with Crippen LogP contribution in [0.3, 0.4) is 0 Å². The van der Waals surface area contributed by atoms with Gasteiger partial charge in [-0.05, 0) is 43.5 Å². The van der Waals surface area contributed by atoms with Gasteiger partial charge in [-0.3, -0.25) is 9.79 Å². The number of aromatic nitrogens is 2. The molecule has 8 nitrogen and oxygen atoms in total. The molecule has 1 aromatic carbocycles. The number of ether oxygens (including phenoxy) is 2. The van der Waals surface area contributed by atoms with Crippen LogP contribution in [-0.2, 0) is 14.3 Å². The van der Waals surface area contributed by atoms with Gasteiger partial charge in [0.25, 0.3) is 0 Å². The number of thioether (sulfide) groups is 1. The van der Waals surface area contributed by atoms with Crippen molar-refractivity contribution in [3.05, 3.63) is 53.6 Å². The highest BCUT2D eigenvalue weighted by molar-refractivity contribution is 7.98. The highest BCUT2D eigenvalue weighted by Crippen LogP contribution is 2.29. The van der Waals surface area contributed by atoms with E-state index in [0.717, 1.165) is 0 Å². The summed E-state index contributed by atoms with van der Waals surface area (Å²) in [5, 5.41) is 9.92. The maximum absolute atomic E-state index is 13.4. The van der Waals surface area contributed by atoms with Gasteiger partial charge in [-0.2, -0.15) is 0 Å². The molecule has 156 valence electrons. The Morgan fingerprint density at radius 1 is 1.17 bits per heavy atom. The number of carboxylic acids is 1. The summed E-state index contributed by atoms with van der Waals surface area (Å²) in [6.07, 6.45) is 1.95. The van der Waals surface area contributed by atoms with Crippen LogP contribution in [0.5, 0.6) is 0 Å². The van der Waals surface area contributed by atoms with Crippen LogP contribution in [0.1, 0.15) is 18.2 Å². The van der Waals surface area contributed by atoms with E-state index >= 15 is 0 Å². The molecule has 2 aliphatic rings. The lowest BCUT2D eigenvalue weighted by molar-refractivity contribution is -0.235. The van der Waals surface area contributed by atoms with Gasteiger partial charge in [0.05, 0.1) is 24.6 Å². The summed E-state index contributed by atoms with van der Waals surface area (Å²) in [7, 11) is 0. The molecule has 1 aromatic heterocycles. The number of carboxylic acid groups (broad SMARTS) is 1. The van der Waals surface area contributed by atoms with Gasteiger partial charge in [0.15, 0.2) is 17.6 Å². The van der Waals surface area contributed by atoms with Gasteiger partial charge in [-0.1, -0.05) is 11.8 Å². The molecule has 1 N–H and O–H groups in total. The van der Waals surface area contributed by atoms with Crippen molar-refractivity contribution in [1.29, 1.82) is 0 Å². The smallest absolute Gasteiger partial charge is 0.314 e. The number of carbonyl (C=O) groups is 1. The van der Waals surface area contributed by atoms with Crippen molar-refractivity contribution in [2.75, 3.05) is 19.5 Å². The summed E-state index contributed by atoms with van der Waals surface area (Å²) in [5.41, 5.74) is 1.18.